The number of imide groups is 1. The highest BCUT2D eigenvalue weighted by molar-refractivity contribution is 6.05. The standard InChI is InChI=1S/C22H29N3O3/c1-2-3-4-14-5-8-18(23-12-14)15-6-7-17-16(11-15)13-25(22(17)28)19-9-10-20(26)24-21(19)27/h6-7,11,14,18-19,23H,2-5,8-10,12-13H2,1H3,(H,24,26,27). The molecule has 3 heterocycles. The van der Waals surface area contributed by atoms with Gasteiger partial charge >= 0.3 is 0 Å². The van der Waals surface area contributed by atoms with Crippen LogP contribution in [0.3, 0.4) is 0 Å². The average molecular weight is 383 g/mol. The number of fused-ring (bicyclic) bond motifs is 1. The molecule has 2 fully saturated rings. The summed E-state index contributed by atoms with van der Waals surface area (Å²) in [7, 11) is 0. The van der Waals surface area contributed by atoms with Crippen LogP contribution in [0.1, 0.15) is 79.4 Å². The summed E-state index contributed by atoms with van der Waals surface area (Å²) in [4.78, 5) is 38.0. The SMILES string of the molecule is CCCCC1CCC(c2ccc3c(c2)CN(C2CCC(=O)NC2=O)C3=O)NC1. The van der Waals surface area contributed by atoms with Gasteiger partial charge in [-0.15, -0.1) is 0 Å². The van der Waals surface area contributed by atoms with Crippen LogP contribution >= 0.6 is 0 Å². The fourth-order valence-corrected chi connectivity index (χ4v) is 4.75. The molecular weight excluding hydrogens is 354 g/mol. The molecule has 3 amide bonds. The Kier molecular flexibility index (Phi) is 5.49. The van der Waals surface area contributed by atoms with Gasteiger partial charge in [-0.1, -0.05) is 31.9 Å². The first-order chi connectivity index (χ1) is 13.6. The fourth-order valence-electron chi connectivity index (χ4n) is 4.75. The van der Waals surface area contributed by atoms with Crippen molar-refractivity contribution in [2.75, 3.05) is 6.54 Å². The van der Waals surface area contributed by atoms with Gasteiger partial charge in [-0.05, 0) is 55.3 Å². The van der Waals surface area contributed by atoms with Gasteiger partial charge in [0.05, 0.1) is 0 Å². The average Bonchev–Trinajstić information content (AvgIpc) is 3.02. The van der Waals surface area contributed by atoms with Crippen molar-refractivity contribution in [3.63, 3.8) is 0 Å². The lowest BCUT2D eigenvalue weighted by molar-refractivity contribution is -0.136. The zero-order valence-electron chi connectivity index (χ0n) is 16.5. The Morgan fingerprint density at radius 1 is 1.14 bits per heavy atom. The zero-order valence-corrected chi connectivity index (χ0v) is 16.5. The summed E-state index contributed by atoms with van der Waals surface area (Å²) in [6.07, 6.45) is 6.91. The van der Waals surface area contributed by atoms with Crippen LogP contribution in [0.25, 0.3) is 0 Å². The van der Waals surface area contributed by atoms with Crippen molar-refractivity contribution in [1.29, 1.82) is 0 Å². The lowest BCUT2D eigenvalue weighted by Gasteiger charge is -2.30. The van der Waals surface area contributed by atoms with Crippen LogP contribution in [0.15, 0.2) is 18.2 Å². The fraction of sp³-hybridized carbons (Fsp3) is 0.591. The van der Waals surface area contributed by atoms with E-state index < -0.39 is 6.04 Å². The lowest BCUT2D eigenvalue weighted by atomic mass is 9.87. The molecule has 6 heteroatoms. The Balaban J connectivity index is 1.43. The van der Waals surface area contributed by atoms with Crippen molar-refractivity contribution in [2.45, 2.75) is 70.5 Å². The Labute approximate surface area is 166 Å². The molecular formula is C22H29N3O3. The molecule has 150 valence electrons. The number of hydrogen-bond acceptors (Lipinski definition) is 4. The highest BCUT2D eigenvalue weighted by Crippen LogP contribution is 2.33. The normalized spacial score (nSPS) is 27.7. The molecule has 2 saturated heterocycles. The van der Waals surface area contributed by atoms with Crippen molar-refractivity contribution in [3.8, 4) is 0 Å². The summed E-state index contributed by atoms with van der Waals surface area (Å²) < 4.78 is 0. The van der Waals surface area contributed by atoms with Gasteiger partial charge in [-0.2, -0.15) is 0 Å². The van der Waals surface area contributed by atoms with Gasteiger partial charge in [0.25, 0.3) is 5.91 Å². The van der Waals surface area contributed by atoms with Crippen LogP contribution in [0, 0.1) is 5.92 Å². The molecule has 3 atom stereocenters. The number of hydrogen-bond donors (Lipinski definition) is 2. The van der Waals surface area contributed by atoms with Crippen LogP contribution in [-0.4, -0.2) is 35.2 Å². The third kappa shape index (κ3) is 3.70. The monoisotopic (exact) mass is 383 g/mol. The van der Waals surface area contributed by atoms with Gasteiger partial charge in [0.2, 0.25) is 11.8 Å². The van der Waals surface area contributed by atoms with Gasteiger partial charge in [0.1, 0.15) is 6.04 Å². The van der Waals surface area contributed by atoms with Crippen LogP contribution in [0.5, 0.6) is 0 Å². The van der Waals surface area contributed by atoms with Gasteiger partial charge in [-0.3, -0.25) is 19.7 Å². The van der Waals surface area contributed by atoms with Crippen LogP contribution in [0.4, 0.5) is 0 Å². The number of nitrogens with zero attached hydrogens (tertiary/aromatic N) is 1. The third-order valence-corrected chi connectivity index (χ3v) is 6.43. The summed E-state index contributed by atoms with van der Waals surface area (Å²) in [6, 6.07) is 5.87. The molecule has 28 heavy (non-hydrogen) atoms. The molecule has 0 aliphatic carbocycles. The summed E-state index contributed by atoms with van der Waals surface area (Å²) in [5, 5.41) is 6.04. The van der Waals surface area contributed by atoms with Crippen LogP contribution in [0.2, 0.25) is 0 Å². The largest absolute Gasteiger partial charge is 0.322 e. The number of benzene rings is 1. The first-order valence-electron chi connectivity index (χ1n) is 10.6. The molecule has 0 aromatic heterocycles. The van der Waals surface area contributed by atoms with Crippen LogP contribution in [-0.2, 0) is 16.1 Å². The number of unbranched alkanes of at least 4 members (excludes halogenated alkanes) is 1. The van der Waals surface area contributed by atoms with E-state index in [0.29, 0.717) is 24.6 Å². The van der Waals surface area contributed by atoms with Gasteiger partial charge in [0, 0.05) is 24.6 Å². The highest BCUT2D eigenvalue weighted by Gasteiger charge is 2.39. The summed E-state index contributed by atoms with van der Waals surface area (Å²) in [6.45, 7) is 3.74. The minimum atomic E-state index is -0.548. The molecule has 3 aliphatic heterocycles. The van der Waals surface area contributed by atoms with Gasteiger partial charge in [0.15, 0.2) is 0 Å². The molecule has 3 aliphatic rings. The number of carbonyl (C=O) groups is 3. The Bertz CT molecular complexity index is 783. The van der Waals surface area contributed by atoms with E-state index in [1.54, 1.807) is 4.90 Å². The smallest absolute Gasteiger partial charge is 0.255 e. The summed E-state index contributed by atoms with van der Waals surface area (Å²) in [5.74, 6) is 0.0560. The second-order valence-electron chi connectivity index (χ2n) is 8.36. The van der Waals surface area contributed by atoms with E-state index in [0.717, 1.165) is 24.4 Å². The van der Waals surface area contributed by atoms with Crippen molar-refractivity contribution in [3.05, 3.63) is 34.9 Å². The van der Waals surface area contributed by atoms with Crippen molar-refractivity contribution in [2.24, 2.45) is 5.92 Å². The lowest BCUT2D eigenvalue weighted by Crippen LogP contribution is -2.52. The minimum Gasteiger partial charge on any atom is -0.322 e. The first-order valence-corrected chi connectivity index (χ1v) is 10.6. The third-order valence-electron chi connectivity index (χ3n) is 6.43. The maximum absolute atomic E-state index is 12.8. The number of amides is 3. The van der Waals surface area contributed by atoms with E-state index in [9.17, 15) is 14.4 Å². The van der Waals surface area contributed by atoms with Gasteiger partial charge < -0.3 is 10.2 Å². The maximum atomic E-state index is 12.8. The molecule has 1 aromatic rings. The van der Waals surface area contributed by atoms with E-state index in [2.05, 4.69) is 29.7 Å². The van der Waals surface area contributed by atoms with E-state index >= 15 is 0 Å². The number of nitrogens with one attached hydrogen (secondary N) is 2. The summed E-state index contributed by atoms with van der Waals surface area (Å²) in [5.41, 5.74) is 2.90. The Hall–Kier alpha value is -2.21. The second-order valence-corrected chi connectivity index (χ2v) is 8.36. The number of rotatable bonds is 5. The van der Waals surface area contributed by atoms with Crippen LogP contribution < -0.4 is 10.6 Å². The maximum Gasteiger partial charge on any atom is 0.255 e. The van der Waals surface area contributed by atoms with E-state index in [4.69, 9.17) is 0 Å². The minimum absolute atomic E-state index is 0.104. The van der Waals surface area contributed by atoms with E-state index in [1.165, 1.54) is 31.2 Å². The second kappa shape index (κ2) is 8.03. The molecule has 2 N–H and O–H groups in total. The van der Waals surface area contributed by atoms with E-state index in [-0.39, 0.29) is 24.1 Å². The van der Waals surface area contributed by atoms with Crippen molar-refractivity contribution in [1.82, 2.24) is 15.5 Å². The molecule has 1 aromatic carbocycles. The molecule has 0 spiro atoms. The summed E-state index contributed by atoms with van der Waals surface area (Å²) >= 11 is 0. The first kappa shape index (κ1) is 19.1. The molecule has 6 nitrogen and oxygen atoms in total. The van der Waals surface area contributed by atoms with E-state index in [1.807, 2.05) is 6.07 Å². The molecule has 3 unspecified atom stereocenters. The van der Waals surface area contributed by atoms with Crippen molar-refractivity contribution >= 4 is 17.7 Å². The molecule has 0 bridgehead atoms. The quantitative estimate of drug-likeness (QED) is 0.767. The Morgan fingerprint density at radius 2 is 2.00 bits per heavy atom. The molecule has 0 saturated carbocycles. The molecule has 4 rings (SSSR count). The number of carbonyl (C=O) groups excluding carboxylic acids is 3. The van der Waals surface area contributed by atoms with Gasteiger partial charge in [-0.25, -0.2) is 0 Å². The zero-order chi connectivity index (χ0) is 19.7. The Morgan fingerprint density at radius 3 is 2.71 bits per heavy atom. The topological polar surface area (TPSA) is 78.5 Å². The van der Waals surface area contributed by atoms with Crippen molar-refractivity contribution < 1.29 is 14.4 Å². The predicted molar refractivity (Wildman–Crippen MR) is 105 cm³/mol. The predicted octanol–water partition coefficient (Wildman–Crippen LogP) is 2.68. The highest BCUT2D eigenvalue weighted by atomic mass is 16.2. The molecule has 0 radical (unpaired) electrons. The number of piperidine rings is 2.